The van der Waals surface area contributed by atoms with Gasteiger partial charge in [0, 0.05) is 25.6 Å². The van der Waals surface area contributed by atoms with Crippen molar-refractivity contribution in [1.29, 1.82) is 0 Å². The first-order chi connectivity index (χ1) is 9.11. The van der Waals surface area contributed by atoms with Crippen LogP contribution in [-0.4, -0.2) is 42.9 Å². The lowest BCUT2D eigenvalue weighted by Gasteiger charge is -2.32. The number of carboxylic acid groups (broad SMARTS) is 1. The molecule has 0 amide bonds. The second-order valence-corrected chi connectivity index (χ2v) is 5.62. The van der Waals surface area contributed by atoms with Crippen molar-refractivity contribution < 1.29 is 14.6 Å². The highest BCUT2D eigenvalue weighted by Crippen LogP contribution is 2.28. The lowest BCUT2D eigenvalue weighted by Crippen LogP contribution is -2.37. The zero-order chi connectivity index (χ0) is 13.8. The molecule has 0 aromatic carbocycles. The number of hydrogen-bond acceptors (Lipinski definition) is 6. The fourth-order valence-corrected chi connectivity index (χ4v) is 3.20. The number of carbonyl (C=O) groups is 1. The monoisotopic (exact) mass is 285 g/mol. The molecule has 2 atom stereocenters. The highest BCUT2D eigenvalue weighted by molar-refractivity contribution is 7.13. The zero-order valence-corrected chi connectivity index (χ0v) is 11.7. The Hall–Kier alpha value is -1.18. The third kappa shape index (κ3) is 3.43. The molecule has 0 aliphatic carbocycles. The molecule has 3 N–H and O–H groups in total. The Kier molecular flexibility index (Phi) is 4.73. The standard InChI is InChI=1S/C12H19N3O3S/c1-18-6-8-3-2-4-15(5-8)12-14-9(7-19-12)10(13)11(16)17/h7-8,10H,2-6,13H2,1H3,(H,16,17). The van der Waals surface area contributed by atoms with Crippen molar-refractivity contribution in [2.75, 3.05) is 31.7 Å². The maximum atomic E-state index is 10.8. The van der Waals surface area contributed by atoms with Gasteiger partial charge in [-0.15, -0.1) is 11.3 Å². The van der Waals surface area contributed by atoms with Gasteiger partial charge in [0.15, 0.2) is 5.13 Å². The maximum Gasteiger partial charge on any atom is 0.326 e. The summed E-state index contributed by atoms with van der Waals surface area (Å²) in [5.41, 5.74) is 5.99. The first-order valence-corrected chi connectivity index (χ1v) is 7.17. The van der Waals surface area contributed by atoms with Gasteiger partial charge < -0.3 is 20.5 Å². The summed E-state index contributed by atoms with van der Waals surface area (Å²) in [5.74, 6) is -0.535. The number of anilines is 1. The average Bonchev–Trinajstić information content (AvgIpc) is 2.88. The fraction of sp³-hybridized carbons (Fsp3) is 0.667. The second-order valence-electron chi connectivity index (χ2n) is 4.78. The van der Waals surface area contributed by atoms with Gasteiger partial charge in [-0.25, -0.2) is 4.98 Å². The molecule has 7 heteroatoms. The number of nitrogens with two attached hydrogens (primary N) is 1. The van der Waals surface area contributed by atoms with Gasteiger partial charge in [-0.2, -0.15) is 0 Å². The number of thiazole rings is 1. The van der Waals surface area contributed by atoms with E-state index in [2.05, 4.69) is 9.88 Å². The van der Waals surface area contributed by atoms with E-state index in [4.69, 9.17) is 15.6 Å². The van der Waals surface area contributed by atoms with Crippen LogP contribution in [0.4, 0.5) is 5.13 Å². The number of hydrogen-bond donors (Lipinski definition) is 2. The van der Waals surface area contributed by atoms with Gasteiger partial charge in [-0.3, -0.25) is 4.79 Å². The van der Waals surface area contributed by atoms with Crippen molar-refractivity contribution in [2.45, 2.75) is 18.9 Å². The van der Waals surface area contributed by atoms with Gasteiger partial charge in [0.1, 0.15) is 6.04 Å². The normalized spacial score (nSPS) is 21.4. The van der Waals surface area contributed by atoms with E-state index in [-0.39, 0.29) is 0 Å². The molecule has 2 rings (SSSR count). The molecule has 0 saturated carbocycles. The molecule has 1 aliphatic heterocycles. The number of aromatic nitrogens is 1. The maximum absolute atomic E-state index is 10.8. The Labute approximate surface area is 116 Å². The Morgan fingerprint density at radius 2 is 2.58 bits per heavy atom. The van der Waals surface area contributed by atoms with Gasteiger partial charge >= 0.3 is 5.97 Å². The predicted octanol–water partition coefficient (Wildman–Crippen LogP) is 1.09. The van der Waals surface area contributed by atoms with Crippen LogP contribution in [0.1, 0.15) is 24.6 Å². The molecular weight excluding hydrogens is 266 g/mol. The van der Waals surface area contributed by atoms with Gasteiger partial charge in [0.25, 0.3) is 0 Å². The minimum Gasteiger partial charge on any atom is -0.480 e. The first-order valence-electron chi connectivity index (χ1n) is 6.29. The summed E-state index contributed by atoms with van der Waals surface area (Å²) in [5, 5.41) is 11.5. The van der Waals surface area contributed by atoms with Gasteiger partial charge in [0.05, 0.1) is 12.3 Å². The van der Waals surface area contributed by atoms with E-state index in [1.54, 1.807) is 12.5 Å². The van der Waals surface area contributed by atoms with E-state index in [1.807, 2.05) is 0 Å². The molecule has 1 saturated heterocycles. The van der Waals surface area contributed by atoms with Crippen molar-refractivity contribution in [3.63, 3.8) is 0 Å². The van der Waals surface area contributed by atoms with Crippen LogP contribution in [0.15, 0.2) is 5.38 Å². The molecule has 0 spiro atoms. The Morgan fingerprint density at radius 1 is 1.79 bits per heavy atom. The first kappa shape index (κ1) is 14.2. The van der Waals surface area contributed by atoms with Crippen LogP contribution in [0, 0.1) is 5.92 Å². The zero-order valence-electron chi connectivity index (χ0n) is 10.9. The van der Waals surface area contributed by atoms with Crippen LogP contribution in [0.2, 0.25) is 0 Å². The largest absolute Gasteiger partial charge is 0.480 e. The van der Waals surface area contributed by atoms with E-state index in [1.165, 1.54) is 11.3 Å². The molecule has 0 bridgehead atoms. The van der Waals surface area contributed by atoms with Gasteiger partial charge in [0.2, 0.25) is 0 Å². The highest BCUT2D eigenvalue weighted by atomic mass is 32.1. The molecule has 1 aliphatic rings. The summed E-state index contributed by atoms with van der Waals surface area (Å²) in [6, 6.07) is -1.04. The molecule has 0 radical (unpaired) electrons. The SMILES string of the molecule is COCC1CCCN(c2nc(C(N)C(=O)O)cs2)C1. The number of rotatable bonds is 5. The molecule has 2 unspecified atom stereocenters. The van der Waals surface area contributed by atoms with Crippen LogP contribution < -0.4 is 10.6 Å². The Bertz CT molecular complexity index is 436. The number of ether oxygens (including phenoxy) is 1. The third-order valence-corrected chi connectivity index (χ3v) is 4.21. The second kappa shape index (κ2) is 6.31. The van der Waals surface area contributed by atoms with Crippen molar-refractivity contribution >= 4 is 22.4 Å². The summed E-state index contributed by atoms with van der Waals surface area (Å²) in [4.78, 5) is 17.4. The number of carboxylic acids is 1. The molecule has 2 heterocycles. The summed E-state index contributed by atoms with van der Waals surface area (Å²) < 4.78 is 5.20. The number of methoxy groups -OCH3 is 1. The average molecular weight is 285 g/mol. The number of aliphatic carboxylic acids is 1. The highest BCUT2D eigenvalue weighted by Gasteiger charge is 2.24. The minimum absolute atomic E-state index is 0.432. The number of nitrogens with zero attached hydrogens (tertiary/aromatic N) is 2. The molecule has 1 aromatic heterocycles. The third-order valence-electron chi connectivity index (χ3n) is 3.29. The molecular formula is C12H19N3O3S. The molecule has 6 nitrogen and oxygen atoms in total. The summed E-state index contributed by atoms with van der Waals surface area (Å²) in [6.45, 7) is 2.61. The minimum atomic E-state index is -1.05. The molecule has 19 heavy (non-hydrogen) atoms. The predicted molar refractivity (Wildman–Crippen MR) is 73.5 cm³/mol. The van der Waals surface area contributed by atoms with E-state index < -0.39 is 12.0 Å². The van der Waals surface area contributed by atoms with Gasteiger partial charge in [-0.05, 0) is 18.8 Å². The number of piperidine rings is 1. The van der Waals surface area contributed by atoms with E-state index >= 15 is 0 Å². The van der Waals surface area contributed by atoms with Crippen molar-refractivity contribution in [3.8, 4) is 0 Å². The summed E-state index contributed by atoms with van der Waals surface area (Å²) >= 11 is 1.45. The van der Waals surface area contributed by atoms with E-state index in [9.17, 15) is 4.79 Å². The smallest absolute Gasteiger partial charge is 0.326 e. The van der Waals surface area contributed by atoms with Crippen LogP contribution in [-0.2, 0) is 9.53 Å². The lowest BCUT2D eigenvalue weighted by molar-refractivity contribution is -0.138. The summed E-state index contributed by atoms with van der Waals surface area (Å²) in [7, 11) is 1.71. The topological polar surface area (TPSA) is 88.7 Å². The molecule has 1 fully saturated rings. The molecule has 106 valence electrons. The fourth-order valence-electron chi connectivity index (χ4n) is 2.30. The lowest BCUT2D eigenvalue weighted by atomic mass is 9.99. The van der Waals surface area contributed by atoms with Crippen molar-refractivity contribution in [1.82, 2.24) is 4.98 Å². The molecule has 1 aromatic rings. The van der Waals surface area contributed by atoms with E-state index in [0.29, 0.717) is 11.6 Å². The van der Waals surface area contributed by atoms with E-state index in [0.717, 1.165) is 37.7 Å². The Balaban J connectivity index is 2.03. The summed E-state index contributed by atoms with van der Waals surface area (Å²) in [6.07, 6.45) is 2.27. The van der Waals surface area contributed by atoms with Crippen LogP contribution >= 0.6 is 11.3 Å². The Morgan fingerprint density at radius 3 is 3.26 bits per heavy atom. The van der Waals surface area contributed by atoms with Crippen LogP contribution in [0.3, 0.4) is 0 Å². The van der Waals surface area contributed by atoms with Crippen LogP contribution in [0.5, 0.6) is 0 Å². The van der Waals surface area contributed by atoms with Crippen molar-refractivity contribution in [3.05, 3.63) is 11.1 Å². The van der Waals surface area contributed by atoms with Crippen LogP contribution in [0.25, 0.3) is 0 Å². The quantitative estimate of drug-likeness (QED) is 0.842. The van der Waals surface area contributed by atoms with Gasteiger partial charge in [-0.1, -0.05) is 0 Å². The van der Waals surface area contributed by atoms with Crippen molar-refractivity contribution in [2.24, 2.45) is 11.7 Å².